The quantitative estimate of drug-likeness (QED) is 0.354. The van der Waals surface area contributed by atoms with E-state index in [9.17, 15) is 9.59 Å². The molecular formula is C22H16BrCl3N2O3. The molecule has 3 rings (SSSR count). The van der Waals surface area contributed by atoms with Gasteiger partial charge in [-0.25, -0.2) is 4.79 Å². The van der Waals surface area contributed by atoms with Crippen LogP contribution in [0.15, 0.2) is 53.0 Å². The second-order valence-electron chi connectivity index (χ2n) is 6.57. The van der Waals surface area contributed by atoms with Gasteiger partial charge in [-0.05, 0) is 77.3 Å². The van der Waals surface area contributed by atoms with Gasteiger partial charge in [0.2, 0.25) is 0 Å². The lowest BCUT2D eigenvalue weighted by molar-refractivity contribution is 0.0967. The molecule has 0 bridgehead atoms. The van der Waals surface area contributed by atoms with Crippen LogP contribution in [0, 0.1) is 13.8 Å². The van der Waals surface area contributed by atoms with Crippen molar-refractivity contribution < 1.29 is 14.3 Å². The summed E-state index contributed by atoms with van der Waals surface area (Å²) in [6.07, 6.45) is 0. The van der Waals surface area contributed by atoms with Crippen molar-refractivity contribution >= 4 is 68.4 Å². The maximum atomic E-state index is 12.4. The largest absolute Gasteiger partial charge is 0.454 e. The summed E-state index contributed by atoms with van der Waals surface area (Å²) >= 11 is 21.9. The first-order valence-electron chi connectivity index (χ1n) is 8.97. The highest BCUT2D eigenvalue weighted by atomic mass is 79.9. The van der Waals surface area contributed by atoms with E-state index in [2.05, 4.69) is 26.6 Å². The summed E-state index contributed by atoms with van der Waals surface area (Å²) in [5.74, 6) is 0.369. The zero-order chi connectivity index (χ0) is 22.7. The summed E-state index contributed by atoms with van der Waals surface area (Å²) in [7, 11) is 0. The van der Waals surface area contributed by atoms with E-state index in [0.29, 0.717) is 42.8 Å². The Morgan fingerprint density at radius 3 is 2.39 bits per heavy atom. The molecule has 0 atom stereocenters. The Labute approximate surface area is 202 Å². The lowest BCUT2D eigenvalue weighted by Gasteiger charge is -2.17. The molecular weight excluding hydrogens is 527 g/mol. The third kappa shape index (κ3) is 5.52. The van der Waals surface area contributed by atoms with Gasteiger partial charge in [0, 0.05) is 10.7 Å². The number of ether oxygens (including phenoxy) is 1. The van der Waals surface area contributed by atoms with Gasteiger partial charge in [-0.15, -0.1) is 0 Å². The average Bonchev–Trinajstić information content (AvgIpc) is 2.70. The monoisotopic (exact) mass is 540 g/mol. The topological polar surface area (TPSA) is 67.4 Å². The Morgan fingerprint density at radius 2 is 1.71 bits per heavy atom. The van der Waals surface area contributed by atoms with Gasteiger partial charge in [0.15, 0.2) is 0 Å². The third-order valence-electron chi connectivity index (χ3n) is 4.35. The number of rotatable bonds is 4. The number of carbonyl (C=O) groups is 2. The smallest absolute Gasteiger partial charge is 0.326 e. The minimum atomic E-state index is -0.711. The Kier molecular flexibility index (Phi) is 7.49. The fraction of sp³-hybridized carbons (Fsp3) is 0.0909. The second-order valence-corrected chi connectivity index (χ2v) is 8.65. The van der Waals surface area contributed by atoms with Crippen molar-refractivity contribution in [2.45, 2.75) is 13.8 Å². The molecule has 0 aliphatic carbocycles. The molecule has 0 aliphatic rings. The number of carbonyl (C=O) groups excluding carboxylic acids is 2. The molecule has 0 spiro atoms. The van der Waals surface area contributed by atoms with Crippen LogP contribution in [0.4, 0.5) is 10.5 Å². The van der Waals surface area contributed by atoms with Gasteiger partial charge in [0.05, 0.1) is 20.1 Å². The number of urea groups is 1. The highest BCUT2D eigenvalue weighted by Gasteiger charge is 2.18. The van der Waals surface area contributed by atoms with E-state index < -0.39 is 11.9 Å². The fourth-order valence-corrected chi connectivity index (χ4v) is 4.02. The Morgan fingerprint density at radius 1 is 1.00 bits per heavy atom. The number of amides is 3. The summed E-state index contributed by atoms with van der Waals surface area (Å²) in [6.45, 7) is 3.53. The van der Waals surface area contributed by atoms with E-state index in [1.54, 1.807) is 56.3 Å². The van der Waals surface area contributed by atoms with Crippen LogP contribution in [0.25, 0.3) is 0 Å². The molecule has 0 radical (unpaired) electrons. The Balaban J connectivity index is 1.79. The molecule has 0 aromatic heterocycles. The number of imide groups is 1. The van der Waals surface area contributed by atoms with Gasteiger partial charge >= 0.3 is 6.03 Å². The summed E-state index contributed by atoms with van der Waals surface area (Å²) < 4.78 is 6.64. The average molecular weight is 543 g/mol. The van der Waals surface area contributed by atoms with Crippen LogP contribution in [-0.2, 0) is 0 Å². The van der Waals surface area contributed by atoms with Crippen molar-refractivity contribution in [1.29, 1.82) is 0 Å². The molecule has 0 saturated carbocycles. The lowest BCUT2D eigenvalue weighted by Crippen LogP contribution is -2.34. The van der Waals surface area contributed by atoms with Crippen LogP contribution >= 0.6 is 50.7 Å². The molecule has 3 aromatic carbocycles. The lowest BCUT2D eigenvalue weighted by atomic mass is 10.1. The molecule has 3 aromatic rings. The van der Waals surface area contributed by atoms with E-state index in [4.69, 9.17) is 39.5 Å². The summed E-state index contributed by atoms with van der Waals surface area (Å²) in [6, 6.07) is 12.6. The summed E-state index contributed by atoms with van der Waals surface area (Å²) in [4.78, 5) is 24.6. The first-order valence-corrected chi connectivity index (χ1v) is 10.9. The predicted molar refractivity (Wildman–Crippen MR) is 128 cm³/mol. The minimum absolute atomic E-state index is 0.197. The Hall–Kier alpha value is -2.25. The molecule has 0 unspecified atom stereocenters. The molecule has 0 aliphatic heterocycles. The molecule has 9 heteroatoms. The third-order valence-corrected chi connectivity index (χ3v) is 5.99. The van der Waals surface area contributed by atoms with E-state index in [1.165, 1.54) is 6.07 Å². The number of hydrogen-bond donors (Lipinski definition) is 2. The molecule has 31 heavy (non-hydrogen) atoms. The molecule has 0 heterocycles. The van der Waals surface area contributed by atoms with Crippen molar-refractivity contribution in [3.05, 3.63) is 84.8 Å². The zero-order valence-corrected chi connectivity index (χ0v) is 20.2. The minimum Gasteiger partial charge on any atom is -0.454 e. The second kappa shape index (κ2) is 9.92. The highest BCUT2D eigenvalue weighted by molar-refractivity contribution is 9.10. The SMILES string of the molecule is Cc1cc(NC(=O)NC(=O)c2ccccc2Cl)c(C)c(Cl)c1Oc1ccc(Cl)cc1Br. The van der Waals surface area contributed by atoms with Crippen molar-refractivity contribution in [1.82, 2.24) is 5.32 Å². The molecule has 2 N–H and O–H groups in total. The van der Waals surface area contributed by atoms with Crippen molar-refractivity contribution in [3.8, 4) is 11.5 Å². The van der Waals surface area contributed by atoms with E-state index in [0.717, 1.165) is 0 Å². The Bertz CT molecular complexity index is 1180. The number of hydrogen-bond acceptors (Lipinski definition) is 3. The van der Waals surface area contributed by atoms with Gasteiger partial charge in [0.1, 0.15) is 11.5 Å². The van der Waals surface area contributed by atoms with Crippen LogP contribution in [0.5, 0.6) is 11.5 Å². The van der Waals surface area contributed by atoms with Gasteiger partial charge in [-0.2, -0.15) is 0 Å². The number of aryl methyl sites for hydroxylation is 1. The maximum Gasteiger partial charge on any atom is 0.326 e. The van der Waals surface area contributed by atoms with Crippen LogP contribution in [0.2, 0.25) is 15.1 Å². The van der Waals surface area contributed by atoms with Gasteiger partial charge in [-0.3, -0.25) is 10.1 Å². The number of anilines is 1. The maximum absolute atomic E-state index is 12.4. The number of halogens is 4. The summed E-state index contributed by atoms with van der Waals surface area (Å²) in [5, 5.41) is 6.03. The van der Waals surface area contributed by atoms with Crippen molar-refractivity contribution in [2.24, 2.45) is 0 Å². The number of benzene rings is 3. The molecule has 0 fully saturated rings. The van der Waals surface area contributed by atoms with Crippen LogP contribution in [0.3, 0.4) is 0 Å². The van der Waals surface area contributed by atoms with E-state index in [-0.39, 0.29) is 10.6 Å². The zero-order valence-electron chi connectivity index (χ0n) is 16.4. The highest BCUT2D eigenvalue weighted by Crippen LogP contribution is 2.41. The fourth-order valence-electron chi connectivity index (χ4n) is 2.74. The van der Waals surface area contributed by atoms with Gasteiger partial charge < -0.3 is 10.1 Å². The predicted octanol–water partition coefficient (Wildman–Crippen LogP) is 7.78. The molecule has 5 nitrogen and oxygen atoms in total. The molecule has 160 valence electrons. The van der Waals surface area contributed by atoms with Crippen LogP contribution < -0.4 is 15.4 Å². The van der Waals surface area contributed by atoms with Gasteiger partial charge in [-0.1, -0.05) is 46.9 Å². The van der Waals surface area contributed by atoms with Crippen molar-refractivity contribution in [3.63, 3.8) is 0 Å². The first kappa shape index (κ1) is 23.4. The van der Waals surface area contributed by atoms with Crippen LogP contribution in [-0.4, -0.2) is 11.9 Å². The van der Waals surface area contributed by atoms with E-state index in [1.807, 2.05) is 0 Å². The van der Waals surface area contributed by atoms with Gasteiger partial charge in [0.25, 0.3) is 5.91 Å². The first-order chi connectivity index (χ1) is 14.7. The normalized spacial score (nSPS) is 10.5. The van der Waals surface area contributed by atoms with Crippen LogP contribution in [0.1, 0.15) is 21.5 Å². The molecule has 0 saturated heterocycles. The van der Waals surface area contributed by atoms with E-state index >= 15 is 0 Å². The number of nitrogens with one attached hydrogen (secondary N) is 2. The van der Waals surface area contributed by atoms with Crippen molar-refractivity contribution in [2.75, 3.05) is 5.32 Å². The molecule has 3 amide bonds. The standard InChI is InChI=1S/C22H16BrCl3N2O3/c1-11-9-17(27-22(30)28-21(29)14-5-3-4-6-16(14)25)12(2)19(26)20(11)31-18-8-7-13(24)10-15(18)23/h3-10H,1-2H3,(H2,27,28,29,30). The summed E-state index contributed by atoms with van der Waals surface area (Å²) in [5.41, 5.74) is 1.90.